The molecule has 1 heterocycles. The molecule has 10 nitrogen and oxygen atoms in total. The van der Waals surface area contributed by atoms with Gasteiger partial charge in [-0.25, -0.2) is 5.43 Å². The molecule has 0 aliphatic heterocycles. The van der Waals surface area contributed by atoms with Crippen molar-refractivity contribution in [1.29, 1.82) is 0 Å². The number of rotatable bonds is 11. The van der Waals surface area contributed by atoms with Crippen LogP contribution in [0.3, 0.4) is 0 Å². The number of amides is 2. The van der Waals surface area contributed by atoms with Crippen LogP contribution < -0.4 is 15.5 Å². The number of ether oxygens (including phenoxy) is 1. The number of aryl methyl sites for hydroxylation is 1. The molecule has 0 bridgehead atoms. The van der Waals surface area contributed by atoms with Gasteiger partial charge in [0.05, 0.1) is 16.2 Å². The molecule has 3 aromatic carbocycles. The van der Waals surface area contributed by atoms with E-state index in [1.54, 1.807) is 43.3 Å². The van der Waals surface area contributed by atoms with Gasteiger partial charge in [0.25, 0.3) is 17.5 Å². The van der Waals surface area contributed by atoms with Gasteiger partial charge in [-0.2, -0.15) is 5.10 Å². The van der Waals surface area contributed by atoms with Gasteiger partial charge in [0.15, 0.2) is 6.10 Å². The van der Waals surface area contributed by atoms with Crippen LogP contribution in [0.25, 0.3) is 11.3 Å². The topological polar surface area (TPSA) is 136 Å². The minimum absolute atomic E-state index is 0.0196. The van der Waals surface area contributed by atoms with E-state index in [-0.39, 0.29) is 22.9 Å². The number of nitro benzene ring substituents is 1. The van der Waals surface area contributed by atoms with E-state index in [9.17, 15) is 19.7 Å². The van der Waals surface area contributed by atoms with Crippen LogP contribution in [-0.2, 0) is 16.0 Å². The lowest BCUT2D eigenvalue weighted by molar-refractivity contribution is -0.385. The first-order valence-electron chi connectivity index (χ1n) is 12.7. The van der Waals surface area contributed by atoms with Crippen molar-refractivity contribution in [2.24, 2.45) is 5.10 Å². The summed E-state index contributed by atoms with van der Waals surface area (Å²) in [4.78, 5) is 36.9. The van der Waals surface area contributed by atoms with E-state index in [2.05, 4.69) is 15.8 Å². The Morgan fingerprint density at radius 2 is 1.81 bits per heavy atom. The monoisotopic (exact) mass is 608 g/mol. The standard InChI is InChI=1S/C30H26Cl2N4O6/c1-18-8-9-21(15-26(18)36(39)40)27-13-11-23(42-27)17-33-35-30(38)25(14-20-6-4-3-5-7-20)34-29(37)19(2)41-28-12-10-22(31)16-24(28)32/h3-13,15-17,19,25H,14H2,1-2H3,(H,34,37)(H,35,38)/b33-17-/t19-,25+/m0/s1. The molecule has 2 N–H and O–H groups in total. The first kappa shape index (κ1) is 30.3. The second kappa shape index (κ2) is 13.8. The number of carbonyl (C=O) groups excluding carboxylic acids is 2. The van der Waals surface area contributed by atoms with Gasteiger partial charge in [-0.3, -0.25) is 19.7 Å². The summed E-state index contributed by atoms with van der Waals surface area (Å²) in [5.74, 6) is -0.130. The number of carbonyl (C=O) groups is 2. The fourth-order valence-electron chi connectivity index (χ4n) is 3.94. The van der Waals surface area contributed by atoms with Crippen LogP contribution in [0.15, 0.2) is 88.4 Å². The third kappa shape index (κ3) is 7.96. The SMILES string of the molecule is Cc1ccc(-c2ccc(/C=N\NC(=O)[C@@H](Cc3ccccc3)NC(=O)[C@H](C)Oc3ccc(Cl)cc3Cl)o2)cc1[N+](=O)[O-]. The van der Waals surface area contributed by atoms with Gasteiger partial charge in [-0.15, -0.1) is 0 Å². The van der Waals surface area contributed by atoms with Gasteiger partial charge in [0, 0.05) is 28.6 Å². The Kier molecular flexibility index (Phi) is 9.95. The van der Waals surface area contributed by atoms with E-state index in [4.69, 9.17) is 32.4 Å². The molecule has 0 aliphatic rings. The minimum Gasteiger partial charge on any atom is -0.479 e. The molecule has 4 aromatic rings. The first-order valence-corrected chi connectivity index (χ1v) is 13.5. The smallest absolute Gasteiger partial charge is 0.273 e. The molecule has 0 fully saturated rings. The third-order valence-corrected chi connectivity index (χ3v) is 6.70. The molecule has 12 heteroatoms. The van der Waals surface area contributed by atoms with E-state index >= 15 is 0 Å². The zero-order chi connectivity index (χ0) is 30.2. The molecule has 42 heavy (non-hydrogen) atoms. The molecule has 0 spiro atoms. The normalized spacial score (nSPS) is 12.5. The number of hydrogen-bond acceptors (Lipinski definition) is 7. The third-order valence-electron chi connectivity index (χ3n) is 6.17. The van der Waals surface area contributed by atoms with Gasteiger partial charge >= 0.3 is 0 Å². The molecular formula is C30H26Cl2N4O6. The maximum absolute atomic E-state index is 13.1. The maximum atomic E-state index is 13.1. The average Bonchev–Trinajstić information content (AvgIpc) is 3.43. The first-order chi connectivity index (χ1) is 20.1. The maximum Gasteiger partial charge on any atom is 0.273 e. The summed E-state index contributed by atoms with van der Waals surface area (Å²) in [6.07, 6.45) is 0.511. The lowest BCUT2D eigenvalue weighted by atomic mass is 10.1. The molecular weight excluding hydrogens is 583 g/mol. The fourth-order valence-corrected chi connectivity index (χ4v) is 4.39. The van der Waals surface area contributed by atoms with Crippen molar-refractivity contribution >= 4 is 46.9 Å². The summed E-state index contributed by atoms with van der Waals surface area (Å²) >= 11 is 12.1. The van der Waals surface area contributed by atoms with Gasteiger partial charge < -0.3 is 14.5 Å². The van der Waals surface area contributed by atoms with Crippen LogP contribution in [0.2, 0.25) is 10.0 Å². The summed E-state index contributed by atoms with van der Waals surface area (Å²) in [7, 11) is 0. The highest BCUT2D eigenvalue weighted by molar-refractivity contribution is 6.35. The zero-order valence-corrected chi connectivity index (χ0v) is 24.1. The van der Waals surface area contributed by atoms with E-state index in [0.717, 1.165) is 5.56 Å². The van der Waals surface area contributed by atoms with Gasteiger partial charge in [-0.05, 0) is 49.7 Å². The van der Waals surface area contributed by atoms with E-state index < -0.39 is 28.9 Å². The molecule has 0 saturated carbocycles. The minimum atomic E-state index is -0.982. The molecule has 2 amide bonds. The largest absolute Gasteiger partial charge is 0.479 e. The Hall–Kier alpha value is -4.67. The quantitative estimate of drug-likeness (QED) is 0.120. The lowest BCUT2D eigenvalue weighted by Crippen LogP contribution is -2.50. The van der Waals surface area contributed by atoms with Crippen LogP contribution >= 0.6 is 23.2 Å². The molecule has 2 atom stereocenters. The van der Waals surface area contributed by atoms with Crippen LogP contribution in [-0.4, -0.2) is 35.1 Å². The Balaban J connectivity index is 1.43. The summed E-state index contributed by atoms with van der Waals surface area (Å²) in [5, 5.41) is 18.6. The lowest BCUT2D eigenvalue weighted by Gasteiger charge is -2.21. The van der Waals surface area contributed by atoms with Crippen molar-refractivity contribution in [3.8, 4) is 17.1 Å². The highest BCUT2D eigenvalue weighted by atomic mass is 35.5. The number of furan rings is 1. The molecule has 216 valence electrons. The molecule has 1 aromatic heterocycles. The van der Waals surface area contributed by atoms with E-state index in [1.165, 1.54) is 25.3 Å². The van der Waals surface area contributed by atoms with Crippen molar-refractivity contribution in [3.05, 3.63) is 116 Å². The van der Waals surface area contributed by atoms with Crippen LogP contribution in [0.1, 0.15) is 23.8 Å². The number of hydrazone groups is 1. The number of hydrogen-bond donors (Lipinski definition) is 2. The van der Waals surface area contributed by atoms with Gasteiger partial charge in [-0.1, -0.05) is 65.7 Å². The van der Waals surface area contributed by atoms with Crippen LogP contribution in [0.5, 0.6) is 5.75 Å². The van der Waals surface area contributed by atoms with Crippen molar-refractivity contribution in [2.45, 2.75) is 32.4 Å². The summed E-state index contributed by atoms with van der Waals surface area (Å²) < 4.78 is 11.4. The summed E-state index contributed by atoms with van der Waals surface area (Å²) in [5.41, 5.74) is 4.29. The summed E-state index contributed by atoms with van der Waals surface area (Å²) in [6.45, 7) is 3.19. The predicted molar refractivity (Wildman–Crippen MR) is 160 cm³/mol. The van der Waals surface area contributed by atoms with Crippen molar-refractivity contribution < 1.29 is 23.7 Å². The highest BCUT2D eigenvalue weighted by Gasteiger charge is 2.25. The Morgan fingerprint density at radius 3 is 2.52 bits per heavy atom. The van der Waals surface area contributed by atoms with E-state index in [0.29, 0.717) is 27.7 Å². The average molecular weight is 609 g/mol. The number of halogens is 2. The second-order valence-electron chi connectivity index (χ2n) is 9.28. The Labute approximate surface area is 251 Å². The summed E-state index contributed by atoms with van der Waals surface area (Å²) in [6, 6.07) is 20.9. The van der Waals surface area contributed by atoms with Crippen molar-refractivity contribution in [1.82, 2.24) is 10.7 Å². The Bertz CT molecular complexity index is 1620. The number of nitrogens with one attached hydrogen (secondary N) is 2. The van der Waals surface area contributed by atoms with E-state index in [1.807, 2.05) is 30.3 Å². The molecule has 0 unspecified atom stereocenters. The fraction of sp³-hybridized carbons (Fsp3) is 0.167. The Morgan fingerprint density at radius 1 is 1.05 bits per heavy atom. The van der Waals surface area contributed by atoms with Crippen molar-refractivity contribution in [3.63, 3.8) is 0 Å². The molecule has 0 aliphatic carbocycles. The number of nitro groups is 1. The number of benzene rings is 3. The zero-order valence-electron chi connectivity index (χ0n) is 22.5. The second-order valence-corrected chi connectivity index (χ2v) is 10.1. The molecule has 0 radical (unpaired) electrons. The predicted octanol–water partition coefficient (Wildman–Crippen LogP) is 6.12. The number of nitrogens with zero attached hydrogens (tertiary/aromatic N) is 2. The highest BCUT2D eigenvalue weighted by Crippen LogP contribution is 2.29. The van der Waals surface area contributed by atoms with Crippen molar-refractivity contribution in [2.75, 3.05) is 0 Å². The van der Waals surface area contributed by atoms with Crippen LogP contribution in [0.4, 0.5) is 5.69 Å². The molecule has 4 rings (SSSR count). The van der Waals surface area contributed by atoms with Crippen LogP contribution in [0, 0.1) is 17.0 Å². The molecule has 0 saturated heterocycles. The van der Waals surface area contributed by atoms with Gasteiger partial charge in [0.1, 0.15) is 23.3 Å². The van der Waals surface area contributed by atoms with Gasteiger partial charge in [0.2, 0.25) is 0 Å².